The Morgan fingerprint density at radius 3 is 2.82 bits per heavy atom. The summed E-state index contributed by atoms with van der Waals surface area (Å²) >= 11 is 5.94. The minimum absolute atomic E-state index is 0.0290. The average Bonchev–Trinajstić information content (AvgIpc) is 2.49. The fourth-order valence-electron chi connectivity index (χ4n) is 2.09. The molecule has 1 N–H and O–H groups in total. The number of nitrogens with zero attached hydrogens (tertiary/aromatic N) is 2. The summed E-state index contributed by atoms with van der Waals surface area (Å²) in [6.45, 7) is 0.419. The van der Waals surface area contributed by atoms with Crippen molar-refractivity contribution in [3.05, 3.63) is 38.9 Å². The number of ether oxygens (including phenoxy) is 1. The average molecular weight is 329 g/mol. The molecule has 0 radical (unpaired) electrons. The minimum Gasteiger partial charge on any atom is -0.479 e. The molecule has 2 rings (SSSR count). The molecule has 22 heavy (non-hydrogen) atoms. The summed E-state index contributed by atoms with van der Waals surface area (Å²) in [6, 6.07) is 3.88. The number of carbonyl (C=O) groups is 2. The summed E-state index contributed by atoms with van der Waals surface area (Å²) in [5.41, 5.74) is 0.300. The molecular formula is C13H13ClN2O6. The molecule has 0 spiro atoms. The second-order valence-corrected chi connectivity index (χ2v) is 5.15. The highest BCUT2D eigenvalue weighted by Gasteiger charge is 2.29. The van der Waals surface area contributed by atoms with Gasteiger partial charge in [0.2, 0.25) is 5.91 Å². The monoisotopic (exact) mass is 328 g/mol. The van der Waals surface area contributed by atoms with Crippen LogP contribution in [0.3, 0.4) is 0 Å². The van der Waals surface area contributed by atoms with Gasteiger partial charge >= 0.3 is 5.97 Å². The van der Waals surface area contributed by atoms with Gasteiger partial charge in [-0.15, -0.1) is 0 Å². The maximum atomic E-state index is 12.2. The molecule has 118 valence electrons. The lowest BCUT2D eigenvalue weighted by atomic mass is 10.1. The lowest BCUT2D eigenvalue weighted by Crippen LogP contribution is -2.49. The first-order valence-electron chi connectivity index (χ1n) is 6.43. The van der Waals surface area contributed by atoms with Gasteiger partial charge in [-0.25, -0.2) is 4.79 Å². The van der Waals surface area contributed by atoms with Gasteiger partial charge in [0.05, 0.1) is 29.5 Å². The topological polar surface area (TPSA) is 110 Å². The first-order chi connectivity index (χ1) is 10.4. The molecule has 1 amide bonds. The van der Waals surface area contributed by atoms with Crippen molar-refractivity contribution in [2.45, 2.75) is 12.5 Å². The molecule has 0 saturated carbocycles. The van der Waals surface area contributed by atoms with Crippen LogP contribution in [0, 0.1) is 10.1 Å². The Morgan fingerprint density at radius 2 is 2.23 bits per heavy atom. The van der Waals surface area contributed by atoms with Gasteiger partial charge in [0.1, 0.15) is 0 Å². The second kappa shape index (κ2) is 6.71. The first kappa shape index (κ1) is 16.2. The predicted octanol–water partition coefficient (Wildman–Crippen LogP) is 1.10. The van der Waals surface area contributed by atoms with Gasteiger partial charge in [0, 0.05) is 18.7 Å². The predicted molar refractivity (Wildman–Crippen MR) is 75.8 cm³/mol. The maximum absolute atomic E-state index is 12.2. The molecule has 1 unspecified atom stereocenters. The molecule has 0 aromatic heterocycles. The molecular weight excluding hydrogens is 316 g/mol. The van der Waals surface area contributed by atoms with Crippen LogP contribution in [-0.4, -0.2) is 52.6 Å². The maximum Gasteiger partial charge on any atom is 0.334 e. The van der Waals surface area contributed by atoms with Crippen LogP contribution in [-0.2, 0) is 20.7 Å². The first-order valence-corrected chi connectivity index (χ1v) is 6.81. The quantitative estimate of drug-likeness (QED) is 0.654. The van der Waals surface area contributed by atoms with Crippen LogP contribution in [0.5, 0.6) is 0 Å². The zero-order valence-electron chi connectivity index (χ0n) is 11.4. The van der Waals surface area contributed by atoms with Gasteiger partial charge in [0.15, 0.2) is 6.10 Å². The molecule has 0 bridgehead atoms. The summed E-state index contributed by atoms with van der Waals surface area (Å²) in [6.07, 6.45) is -1.09. The number of carboxylic acid groups (broad SMARTS) is 1. The van der Waals surface area contributed by atoms with Gasteiger partial charge in [-0.2, -0.15) is 0 Å². The molecule has 0 aliphatic carbocycles. The van der Waals surface area contributed by atoms with Crippen LogP contribution in [0.4, 0.5) is 5.69 Å². The normalized spacial score (nSPS) is 18.0. The Kier molecular flexibility index (Phi) is 4.94. The number of aliphatic carboxylic acids is 1. The Bertz CT molecular complexity index is 621. The van der Waals surface area contributed by atoms with E-state index >= 15 is 0 Å². The number of nitro benzene ring substituents is 1. The summed E-state index contributed by atoms with van der Waals surface area (Å²) in [5, 5.41) is 19.7. The smallest absolute Gasteiger partial charge is 0.334 e. The standard InChI is InChI=1S/C13H13ClN2O6/c14-10-6-9(16(20)21)2-1-8(10)5-12(17)15-3-4-22-11(7-15)13(18)19/h1-2,6,11H,3-5,7H2,(H,18,19). The molecule has 1 heterocycles. The van der Waals surface area contributed by atoms with Crippen LogP contribution in [0.15, 0.2) is 18.2 Å². The highest BCUT2D eigenvalue weighted by atomic mass is 35.5. The Labute approximate surface area is 130 Å². The number of amides is 1. The third kappa shape index (κ3) is 3.71. The molecule has 8 nitrogen and oxygen atoms in total. The lowest BCUT2D eigenvalue weighted by molar-refractivity contribution is -0.384. The van der Waals surface area contributed by atoms with Crippen molar-refractivity contribution in [3.8, 4) is 0 Å². The van der Waals surface area contributed by atoms with Crippen molar-refractivity contribution in [3.63, 3.8) is 0 Å². The Morgan fingerprint density at radius 1 is 1.50 bits per heavy atom. The Hall–Kier alpha value is -2.19. The highest BCUT2D eigenvalue weighted by molar-refractivity contribution is 6.31. The van der Waals surface area contributed by atoms with E-state index in [0.717, 1.165) is 0 Å². The van der Waals surface area contributed by atoms with E-state index in [0.29, 0.717) is 12.1 Å². The van der Waals surface area contributed by atoms with Gasteiger partial charge in [-0.3, -0.25) is 14.9 Å². The van der Waals surface area contributed by atoms with Crippen LogP contribution in [0.1, 0.15) is 5.56 Å². The summed E-state index contributed by atoms with van der Waals surface area (Å²) in [4.78, 5) is 34.5. The zero-order valence-corrected chi connectivity index (χ0v) is 12.2. The molecule has 9 heteroatoms. The van der Waals surface area contributed by atoms with E-state index in [-0.39, 0.29) is 36.2 Å². The van der Waals surface area contributed by atoms with E-state index in [9.17, 15) is 19.7 Å². The second-order valence-electron chi connectivity index (χ2n) is 4.75. The molecule has 1 aliphatic rings. The molecule has 1 aromatic rings. The number of morpholine rings is 1. The number of carboxylic acids is 1. The third-order valence-corrected chi connectivity index (χ3v) is 3.64. The number of non-ortho nitro benzene ring substituents is 1. The number of carbonyl (C=O) groups excluding carboxylic acids is 1. The minimum atomic E-state index is -1.12. The summed E-state index contributed by atoms with van der Waals surface area (Å²) < 4.78 is 5.04. The lowest BCUT2D eigenvalue weighted by Gasteiger charge is -2.31. The van der Waals surface area contributed by atoms with Crippen LogP contribution < -0.4 is 0 Å². The van der Waals surface area contributed by atoms with Crippen molar-refractivity contribution in [1.82, 2.24) is 4.90 Å². The molecule has 1 aromatic carbocycles. The fraction of sp³-hybridized carbons (Fsp3) is 0.385. The summed E-state index contributed by atoms with van der Waals surface area (Å²) in [5.74, 6) is -1.42. The van der Waals surface area contributed by atoms with E-state index in [1.54, 1.807) is 0 Å². The number of hydrogen-bond donors (Lipinski definition) is 1. The van der Waals surface area contributed by atoms with Gasteiger partial charge < -0.3 is 14.7 Å². The van der Waals surface area contributed by atoms with Gasteiger partial charge in [-0.05, 0) is 5.56 Å². The van der Waals surface area contributed by atoms with Crippen molar-refractivity contribution in [2.75, 3.05) is 19.7 Å². The van der Waals surface area contributed by atoms with Crippen LogP contribution in [0.25, 0.3) is 0 Å². The molecule has 1 fully saturated rings. The van der Waals surface area contributed by atoms with E-state index < -0.39 is 17.0 Å². The SMILES string of the molecule is O=C(O)C1CN(C(=O)Cc2ccc([N+](=O)[O-])cc2Cl)CCO1. The fourth-order valence-corrected chi connectivity index (χ4v) is 2.33. The Balaban J connectivity index is 2.05. The van der Waals surface area contributed by atoms with Gasteiger partial charge in [-0.1, -0.05) is 17.7 Å². The number of halogens is 1. The van der Waals surface area contributed by atoms with Crippen LogP contribution >= 0.6 is 11.6 Å². The van der Waals surface area contributed by atoms with Crippen LogP contribution in [0.2, 0.25) is 5.02 Å². The molecule has 1 saturated heterocycles. The number of hydrogen-bond acceptors (Lipinski definition) is 5. The largest absolute Gasteiger partial charge is 0.479 e. The highest BCUT2D eigenvalue weighted by Crippen LogP contribution is 2.23. The van der Waals surface area contributed by atoms with Crippen molar-refractivity contribution in [2.24, 2.45) is 0 Å². The number of rotatable bonds is 4. The van der Waals surface area contributed by atoms with Crippen molar-refractivity contribution in [1.29, 1.82) is 0 Å². The number of benzene rings is 1. The molecule has 1 aliphatic heterocycles. The van der Waals surface area contributed by atoms with E-state index in [2.05, 4.69) is 0 Å². The van der Waals surface area contributed by atoms with Crippen molar-refractivity contribution < 1.29 is 24.4 Å². The van der Waals surface area contributed by atoms with Gasteiger partial charge in [0.25, 0.3) is 5.69 Å². The summed E-state index contributed by atoms with van der Waals surface area (Å²) in [7, 11) is 0. The van der Waals surface area contributed by atoms with E-state index in [4.69, 9.17) is 21.4 Å². The third-order valence-electron chi connectivity index (χ3n) is 3.28. The van der Waals surface area contributed by atoms with Crippen molar-refractivity contribution >= 4 is 29.2 Å². The zero-order chi connectivity index (χ0) is 16.3. The van der Waals surface area contributed by atoms with E-state index in [1.165, 1.54) is 23.1 Å². The number of nitro groups is 1. The van der Waals surface area contributed by atoms with E-state index in [1.807, 2.05) is 0 Å². The molecule has 1 atom stereocenters.